The minimum absolute atomic E-state index is 0.147. The van der Waals surface area contributed by atoms with Crippen LogP contribution < -0.4 is 10.6 Å². The van der Waals surface area contributed by atoms with E-state index >= 15 is 0 Å². The molecule has 0 bridgehead atoms. The van der Waals surface area contributed by atoms with Crippen LogP contribution in [0.2, 0.25) is 0 Å². The summed E-state index contributed by atoms with van der Waals surface area (Å²) in [7, 11) is -3.46. The first kappa shape index (κ1) is 25.7. The average molecular weight is 550 g/mol. The molecule has 3 aromatic heterocycles. The Morgan fingerprint density at radius 2 is 1.90 bits per heavy atom. The molecule has 0 atom stereocenters. The van der Waals surface area contributed by atoms with Gasteiger partial charge in [-0.25, -0.2) is 23.4 Å². The summed E-state index contributed by atoms with van der Waals surface area (Å²) in [6, 6.07) is 3.87. The van der Waals surface area contributed by atoms with Gasteiger partial charge in [0.1, 0.15) is 11.6 Å². The van der Waals surface area contributed by atoms with E-state index in [4.69, 9.17) is 4.74 Å². The van der Waals surface area contributed by atoms with Gasteiger partial charge in [-0.3, -0.25) is 0 Å². The second-order valence-corrected chi connectivity index (χ2v) is 12.9. The van der Waals surface area contributed by atoms with E-state index in [0.29, 0.717) is 49.1 Å². The molecule has 4 heterocycles. The lowest BCUT2D eigenvalue weighted by Crippen LogP contribution is -2.38. The summed E-state index contributed by atoms with van der Waals surface area (Å²) >= 11 is 0. The van der Waals surface area contributed by atoms with Crippen molar-refractivity contribution in [3.8, 4) is 23.2 Å². The Kier molecular flexibility index (Phi) is 6.74. The third kappa shape index (κ3) is 5.75. The number of nitrogens with zero attached hydrogens (tertiary/aromatic N) is 5. The Hall–Kier alpha value is -3.53. The molecule has 39 heavy (non-hydrogen) atoms. The van der Waals surface area contributed by atoms with Gasteiger partial charge in [0.2, 0.25) is 0 Å². The van der Waals surface area contributed by atoms with Gasteiger partial charge in [0, 0.05) is 24.5 Å². The van der Waals surface area contributed by atoms with Crippen LogP contribution in [0.5, 0.6) is 0 Å². The van der Waals surface area contributed by atoms with E-state index in [9.17, 15) is 13.5 Å². The van der Waals surface area contributed by atoms with E-state index in [1.165, 1.54) is 12.4 Å². The third-order valence-electron chi connectivity index (χ3n) is 7.24. The number of hydrogen-bond donors (Lipinski definition) is 3. The van der Waals surface area contributed by atoms with Crippen molar-refractivity contribution < 1.29 is 18.3 Å². The molecule has 204 valence electrons. The van der Waals surface area contributed by atoms with Crippen molar-refractivity contribution in [3.63, 3.8) is 0 Å². The molecule has 0 amide bonds. The number of aliphatic hydroxyl groups excluding tert-OH is 1. The molecule has 11 nitrogen and oxygen atoms in total. The number of rotatable bonds is 7. The number of nitrogens with one attached hydrogen (secondary N) is 2. The molecule has 0 radical (unpaired) electrons. The Labute approximate surface area is 227 Å². The Morgan fingerprint density at radius 3 is 2.62 bits per heavy atom. The van der Waals surface area contributed by atoms with Gasteiger partial charge in [0.15, 0.2) is 5.82 Å². The fourth-order valence-corrected chi connectivity index (χ4v) is 6.13. The molecule has 0 aromatic carbocycles. The molecule has 0 unspecified atom stereocenters. The standard InChI is InChI=1S/C27H31N7O4S/c1-27(16-38-17-27)10-8-18-13-29-25(12-23(18)31-20-2-4-21(35)5-3-20)32-24-9-11-28-26(33-24)19-14-30-34(15-19)39(36,37)22-6-7-22/h9,11-15,20-22,35H,2-7,16-17H2,1H3,(H2,28,29,31,32,33). The van der Waals surface area contributed by atoms with Gasteiger partial charge in [-0.15, -0.1) is 0 Å². The highest BCUT2D eigenvalue weighted by atomic mass is 32.2. The minimum atomic E-state index is -3.46. The van der Waals surface area contributed by atoms with Crippen LogP contribution in [-0.4, -0.2) is 68.3 Å². The van der Waals surface area contributed by atoms with Crippen LogP contribution in [0.4, 0.5) is 17.3 Å². The molecule has 1 aliphatic heterocycles. The monoisotopic (exact) mass is 549 g/mol. The SMILES string of the molecule is CC1(C#Cc2cnc(Nc3ccnc(-c4cnn(S(=O)(=O)C5CC5)c4)n3)cc2NC2CCC(O)CC2)COC1. The predicted octanol–water partition coefficient (Wildman–Crippen LogP) is 2.92. The number of hydrogen-bond acceptors (Lipinski definition) is 10. The lowest BCUT2D eigenvalue weighted by molar-refractivity contribution is -0.0648. The summed E-state index contributed by atoms with van der Waals surface area (Å²) in [4.78, 5) is 13.4. The van der Waals surface area contributed by atoms with E-state index in [0.717, 1.165) is 41.0 Å². The Balaban J connectivity index is 1.23. The first-order chi connectivity index (χ1) is 18.8. The van der Waals surface area contributed by atoms with E-state index in [-0.39, 0.29) is 22.8 Å². The number of pyridine rings is 1. The summed E-state index contributed by atoms with van der Waals surface area (Å²) in [5.74, 6) is 8.06. The van der Waals surface area contributed by atoms with Crippen LogP contribution in [-0.2, 0) is 14.8 Å². The van der Waals surface area contributed by atoms with E-state index in [2.05, 4.69) is 49.4 Å². The van der Waals surface area contributed by atoms with E-state index < -0.39 is 10.0 Å². The highest BCUT2D eigenvalue weighted by molar-refractivity contribution is 7.90. The van der Waals surface area contributed by atoms with Gasteiger partial charge in [0.25, 0.3) is 10.0 Å². The molecule has 3 aromatic rings. The number of ether oxygens (including phenoxy) is 1. The van der Waals surface area contributed by atoms with Gasteiger partial charge >= 0.3 is 0 Å². The summed E-state index contributed by atoms with van der Waals surface area (Å²) in [6.45, 7) is 3.33. The highest BCUT2D eigenvalue weighted by Gasteiger charge is 2.37. The topological polar surface area (TPSA) is 144 Å². The van der Waals surface area contributed by atoms with Gasteiger partial charge in [-0.1, -0.05) is 11.8 Å². The van der Waals surface area contributed by atoms with Crippen LogP contribution in [0.15, 0.2) is 36.9 Å². The Bertz CT molecular complexity index is 1530. The zero-order valence-electron chi connectivity index (χ0n) is 21.7. The quantitative estimate of drug-likeness (QED) is 0.376. The molecule has 3 N–H and O–H groups in total. The maximum Gasteiger partial charge on any atom is 0.256 e. The van der Waals surface area contributed by atoms with E-state index in [1.807, 2.05) is 6.07 Å². The van der Waals surface area contributed by atoms with Crippen molar-refractivity contribution in [1.29, 1.82) is 0 Å². The average Bonchev–Trinajstić information content (AvgIpc) is 3.66. The fraction of sp³-hybridized carbons (Fsp3) is 0.481. The van der Waals surface area contributed by atoms with Crippen molar-refractivity contribution in [2.45, 2.75) is 62.8 Å². The van der Waals surface area contributed by atoms with Crippen LogP contribution in [0.1, 0.15) is 51.0 Å². The lowest BCUT2D eigenvalue weighted by Gasteiger charge is -2.32. The van der Waals surface area contributed by atoms with Crippen LogP contribution in [0.25, 0.3) is 11.4 Å². The third-order valence-corrected chi connectivity index (χ3v) is 9.27. The predicted molar refractivity (Wildman–Crippen MR) is 146 cm³/mol. The molecule has 0 spiro atoms. The molecule has 3 aliphatic rings. The molecule has 6 rings (SSSR count). The molecular weight excluding hydrogens is 518 g/mol. The normalized spacial score (nSPS) is 22.3. The van der Waals surface area contributed by atoms with Crippen molar-refractivity contribution >= 4 is 27.3 Å². The Morgan fingerprint density at radius 1 is 1.10 bits per heavy atom. The van der Waals surface area contributed by atoms with Gasteiger partial charge in [-0.05, 0) is 51.5 Å². The summed E-state index contributed by atoms with van der Waals surface area (Å²) in [5, 5.41) is 20.4. The van der Waals surface area contributed by atoms with Crippen molar-refractivity contribution in [2.24, 2.45) is 5.41 Å². The van der Waals surface area contributed by atoms with Crippen LogP contribution >= 0.6 is 0 Å². The fourth-order valence-electron chi connectivity index (χ4n) is 4.66. The van der Waals surface area contributed by atoms with Crippen molar-refractivity contribution in [2.75, 3.05) is 23.8 Å². The van der Waals surface area contributed by atoms with E-state index in [1.54, 1.807) is 18.5 Å². The van der Waals surface area contributed by atoms with Gasteiger partial charge in [0.05, 0.1) is 59.2 Å². The molecule has 2 saturated carbocycles. The smallest absolute Gasteiger partial charge is 0.256 e. The summed E-state index contributed by atoms with van der Waals surface area (Å²) in [6.07, 6.45) is 10.7. The lowest BCUT2D eigenvalue weighted by atomic mass is 9.89. The summed E-state index contributed by atoms with van der Waals surface area (Å²) in [5.41, 5.74) is 2.03. The molecular formula is C27H31N7O4S. The maximum absolute atomic E-state index is 12.5. The second-order valence-electron chi connectivity index (χ2n) is 10.8. The number of anilines is 3. The molecule has 12 heteroatoms. The molecule has 3 fully saturated rings. The number of aromatic nitrogens is 5. The molecule has 2 aliphatic carbocycles. The highest BCUT2D eigenvalue weighted by Crippen LogP contribution is 2.31. The zero-order chi connectivity index (χ0) is 27.0. The number of aliphatic hydroxyl groups is 1. The van der Waals surface area contributed by atoms with Crippen LogP contribution in [0, 0.1) is 17.3 Å². The second kappa shape index (κ2) is 10.2. The molecule has 1 saturated heterocycles. The minimum Gasteiger partial charge on any atom is -0.393 e. The van der Waals surface area contributed by atoms with Crippen LogP contribution in [0.3, 0.4) is 0 Å². The largest absolute Gasteiger partial charge is 0.393 e. The van der Waals surface area contributed by atoms with Gasteiger partial charge in [-0.2, -0.15) is 9.19 Å². The van der Waals surface area contributed by atoms with Crippen molar-refractivity contribution in [3.05, 3.63) is 42.5 Å². The first-order valence-electron chi connectivity index (χ1n) is 13.2. The zero-order valence-corrected chi connectivity index (χ0v) is 22.5. The maximum atomic E-state index is 12.5. The van der Waals surface area contributed by atoms with Gasteiger partial charge < -0.3 is 20.5 Å². The first-order valence-corrected chi connectivity index (χ1v) is 14.7. The van der Waals surface area contributed by atoms with Crippen molar-refractivity contribution in [1.82, 2.24) is 24.1 Å². The summed E-state index contributed by atoms with van der Waals surface area (Å²) < 4.78 is 31.3.